The summed E-state index contributed by atoms with van der Waals surface area (Å²) < 4.78 is 0. The Labute approximate surface area is 56.4 Å². The van der Waals surface area contributed by atoms with Crippen LogP contribution in [0.1, 0.15) is 33.6 Å². The second-order valence-electron chi connectivity index (χ2n) is 2.96. The number of hydrogen-bond donors (Lipinski definition) is 0. The van der Waals surface area contributed by atoms with Crippen LogP contribution < -0.4 is 5.73 Å². The molecule has 0 atom stereocenters. The summed E-state index contributed by atoms with van der Waals surface area (Å²) in [5, 5.41) is 0. The molecule has 53 valence electrons. The first-order chi connectivity index (χ1) is 4.00. The average molecular weight is 128 g/mol. The van der Waals surface area contributed by atoms with Crippen molar-refractivity contribution in [2.24, 2.45) is 5.41 Å². The maximum absolute atomic E-state index is 10.5. The Morgan fingerprint density at radius 1 is 1.56 bits per heavy atom. The van der Waals surface area contributed by atoms with E-state index in [1.165, 1.54) is 0 Å². The Hall–Kier alpha value is -0.530. The molecule has 1 radical (unpaired) electrons. The molecule has 1 amide bonds. The summed E-state index contributed by atoms with van der Waals surface area (Å²) in [6.07, 6.45) is 1.78. The minimum absolute atomic E-state index is 0.422. The van der Waals surface area contributed by atoms with Crippen molar-refractivity contribution in [2.45, 2.75) is 33.6 Å². The summed E-state index contributed by atoms with van der Waals surface area (Å²) in [7, 11) is 0. The van der Waals surface area contributed by atoms with Crippen molar-refractivity contribution >= 4 is 5.91 Å². The highest BCUT2D eigenvalue weighted by molar-refractivity contribution is 5.79. The zero-order valence-corrected chi connectivity index (χ0v) is 6.32. The van der Waals surface area contributed by atoms with Gasteiger partial charge in [0.2, 0.25) is 5.91 Å². The van der Waals surface area contributed by atoms with E-state index in [9.17, 15) is 4.79 Å². The van der Waals surface area contributed by atoms with Gasteiger partial charge in [0.1, 0.15) is 0 Å². The van der Waals surface area contributed by atoms with E-state index in [-0.39, 0.29) is 0 Å². The first kappa shape index (κ1) is 8.47. The molecule has 2 heteroatoms. The molecule has 0 bridgehead atoms. The lowest BCUT2D eigenvalue weighted by atomic mass is 9.88. The summed E-state index contributed by atoms with van der Waals surface area (Å²) in [5.74, 6) is -0.454. The lowest BCUT2D eigenvalue weighted by Crippen LogP contribution is -2.24. The highest BCUT2D eigenvalue weighted by Gasteiger charge is 2.23. The van der Waals surface area contributed by atoms with Crippen LogP contribution in [-0.2, 0) is 4.79 Å². The summed E-state index contributed by atoms with van der Waals surface area (Å²) >= 11 is 0. The molecular weight excluding hydrogens is 114 g/mol. The van der Waals surface area contributed by atoms with Crippen LogP contribution in [0.4, 0.5) is 0 Å². The largest absolute Gasteiger partial charge is 0.273 e. The third kappa shape index (κ3) is 2.49. The highest BCUT2D eigenvalue weighted by Crippen LogP contribution is 2.21. The highest BCUT2D eigenvalue weighted by atomic mass is 16.1. The number of rotatable bonds is 3. The van der Waals surface area contributed by atoms with Crippen LogP contribution in [0.2, 0.25) is 0 Å². The second kappa shape index (κ2) is 2.85. The predicted molar refractivity (Wildman–Crippen MR) is 36.8 cm³/mol. The molecule has 2 nitrogen and oxygen atoms in total. The van der Waals surface area contributed by atoms with Gasteiger partial charge in [-0.15, -0.1) is 0 Å². The van der Waals surface area contributed by atoms with Crippen LogP contribution in [0.5, 0.6) is 0 Å². The van der Waals surface area contributed by atoms with E-state index in [1.54, 1.807) is 0 Å². The number of amides is 1. The van der Waals surface area contributed by atoms with Crippen LogP contribution >= 0.6 is 0 Å². The molecule has 0 aromatic heterocycles. The Kier molecular flexibility index (Phi) is 2.68. The quantitative estimate of drug-likeness (QED) is 0.569. The lowest BCUT2D eigenvalue weighted by Gasteiger charge is -2.17. The van der Waals surface area contributed by atoms with Crippen LogP contribution in [0, 0.1) is 5.41 Å². The monoisotopic (exact) mass is 128 g/mol. The maximum atomic E-state index is 10.5. The molecule has 0 unspecified atom stereocenters. The number of carbonyl (C=O) groups excluding carboxylic acids is 1. The number of hydrogen-bond acceptors (Lipinski definition) is 1. The summed E-state index contributed by atoms with van der Waals surface area (Å²) in [6.45, 7) is 5.64. The molecule has 0 saturated carbocycles. The van der Waals surface area contributed by atoms with Crippen molar-refractivity contribution < 1.29 is 4.79 Å². The molecule has 9 heavy (non-hydrogen) atoms. The predicted octanol–water partition coefficient (Wildman–Crippen LogP) is 1.62. The van der Waals surface area contributed by atoms with Gasteiger partial charge in [-0.2, -0.15) is 0 Å². The normalized spacial score (nSPS) is 11.4. The maximum Gasteiger partial charge on any atom is 0.244 e. The van der Waals surface area contributed by atoms with Crippen LogP contribution in [-0.4, -0.2) is 5.91 Å². The molecule has 0 aliphatic carbocycles. The number of nitrogens with one attached hydrogen (secondary N) is 1. The van der Waals surface area contributed by atoms with Crippen molar-refractivity contribution in [2.75, 3.05) is 0 Å². The average Bonchev–Trinajstić information content (AvgIpc) is 1.65. The minimum Gasteiger partial charge on any atom is -0.273 e. The van der Waals surface area contributed by atoms with Gasteiger partial charge in [-0.25, -0.2) is 0 Å². The van der Waals surface area contributed by atoms with E-state index in [1.807, 2.05) is 20.8 Å². The molecule has 1 N–H and O–H groups in total. The molecule has 0 spiro atoms. The molecule has 0 aliphatic heterocycles. The van der Waals surface area contributed by atoms with Crippen molar-refractivity contribution in [3.8, 4) is 0 Å². The van der Waals surface area contributed by atoms with Gasteiger partial charge in [-0.05, 0) is 6.42 Å². The Morgan fingerprint density at radius 3 is 2.11 bits per heavy atom. The van der Waals surface area contributed by atoms with Gasteiger partial charge < -0.3 is 0 Å². The first-order valence-electron chi connectivity index (χ1n) is 3.26. The Balaban J connectivity index is 3.85. The van der Waals surface area contributed by atoms with E-state index in [0.29, 0.717) is 0 Å². The molecule has 0 saturated heterocycles. The van der Waals surface area contributed by atoms with E-state index in [0.717, 1.165) is 12.8 Å². The fourth-order valence-corrected chi connectivity index (χ4v) is 0.739. The molecular formula is C7H14NO. The molecule has 0 aliphatic rings. The van der Waals surface area contributed by atoms with Gasteiger partial charge in [0.15, 0.2) is 0 Å². The standard InChI is InChI=1S/C7H14NO/c1-4-5-7(2,3)6(8)9/h8H,4-5H2,1-3H3. The van der Waals surface area contributed by atoms with Crippen molar-refractivity contribution in [3.05, 3.63) is 0 Å². The Morgan fingerprint density at radius 2 is 2.00 bits per heavy atom. The van der Waals surface area contributed by atoms with Gasteiger partial charge >= 0.3 is 0 Å². The SMILES string of the molecule is CCCC(C)(C)C([NH])=O. The van der Waals surface area contributed by atoms with Gasteiger partial charge in [0.25, 0.3) is 0 Å². The van der Waals surface area contributed by atoms with E-state index in [4.69, 9.17) is 5.73 Å². The second-order valence-corrected chi connectivity index (χ2v) is 2.96. The third-order valence-electron chi connectivity index (χ3n) is 1.49. The number of carbonyl (C=O) groups is 1. The van der Waals surface area contributed by atoms with E-state index in [2.05, 4.69) is 0 Å². The van der Waals surface area contributed by atoms with E-state index >= 15 is 0 Å². The molecule has 0 aromatic carbocycles. The zero-order valence-electron chi connectivity index (χ0n) is 6.32. The van der Waals surface area contributed by atoms with Crippen molar-refractivity contribution in [3.63, 3.8) is 0 Å². The van der Waals surface area contributed by atoms with Gasteiger partial charge in [-0.3, -0.25) is 10.5 Å². The Bertz CT molecular complexity index is 107. The van der Waals surface area contributed by atoms with Gasteiger partial charge in [-0.1, -0.05) is 27.2 Å². The minimum atomic E-state index is -0.454. The first-order valence-corrected chi connectivity index (χ1v) is 3.26. The van der Waals surface area contributed by atoms with Crippen LogP contribution in [0.3, 0.4) is 0 Å². The molecule has 0 aromatic rings. The summed E-state index contributed by atoms with van der Waals surface area (Å²) in [5.41, 5.74) is 6.42. The van der Waals surface area contributed by atoms with Crippen molar-refractivity contribution in [1.29, 1.82) is 0 Å². The zero-order chi connectivity index (χ0) is 7.49. The fourth-order valence-electron chi connectivity index (χ4n) is 0.739. The summed E-state index contributed by atoms with van der Waals surface area (Å²) in [4.78, 5) is 10.5. The fraction of sp³-hybridized carbons (Fsp3) is 0.857. The third-order valence-corrected chi connectivity index (χ3v) is 1.49. The van der Waals surface area contributed by atoms with Gasteiger partial charge in [0.05, 0.1) is 0 Å². The van der Waals surface area contributed by atoms with Gasteiger partial charge in [0, 0.05) is 5.41 Å². The molecule has 0 fully saturated rings. The van der Waals surface area contributed by atoms with Crippen LogP contribution in [0.15, 0.2) is 0 Å². The molecule has 0 heterocycles. The van der Waals surface area contributed by atoms with Crippen LogP contribution in [0.25, 0.3) is 0 Å². The molecule has 0 rings (SSSR count). The topological polar surface area (TPSA) is 40.9 Å². The smallest absolute Gasteiger partial charge is 0.244 e. The lowest BCUT2D eigenvalue weighted by molar-refractivity contribution is -0.127. The van der Waals surface area contributed by atoms with E-state index < -0.39 is 11.3 Å². The summed E-state index contributed by atoms with van der Waals surface area (Å²) in [6, 6.07) is 0. The van der Waals surface area contributed by atoms with Crippen molar-refractivity contribution in [1.82, 2.24) is 5.73 Å².